The van der Waals surface area contributed by atoms with Crippen LogP contribution in [0.15, 0.2) is 0 Å². The van der Waals surface area contributed by atoms with Crippen molar-refractivity contribution < 1.29 is 0 Å². The number of nitrogens with zero attached hydrogens (tertiary/aromatic N) is 1. The summed E-state index contributed by atoms with van der Waals surface area (Å²) in [6.07, 6.45) is 7.29. The molecule has 0 bridgehead atoms. The van der Waals surface area contributed by atoms with Crippen molar-refractivity contribution in [2.24, 2.45) is 5.92 Å². The van der Waals surface area contributed by atoms with E-state index in [1.807, 2.05) is 0 Å². The third kappa shape index (κ3) is 3.46. The first-order valence-corrected chi connectivity index (χ1v) is 6.72. The fraction of sp³-hybridized carbons (Fsp3) is 1.00. The average molecular weight is 210 g/mol. The number of nitrogens with one attached hydrogen (secondary N) is 1. The first-order valence-electron chi connectivity index (χ1n) is 6.72. The van der Waals surface area contributed by atoms with E-state index >= 15 is 0 Å². The van der Waals surface area contributed by atoms with Crippen LogP contribution in [0.1, 0.15) is 46.0 Å². The standard InChI is InChI=1S/C13H26N2/c1-11(2)14-13-7-9-15(10-13)8-6-12-4-3-5-12/h11-14H,3-10H2,1-2H3. The van der Waals surface area contributed by atoms with Gasteiger partial charge in [0.1, 0.15) is 0 Å². The predicted octanol–water partition coefficient (Wildman–Crippen LogP) is 2.25. The molecule has 0 aromatic rings. The molecule has 2 rings (SSSR count). The molecule has 1 saturated carbocycles. The van der Waals surface area contributed by atoms with Crippen LogP contribution in [0.2, 0.25) is 0 Å². The van der Waals surface area contributed by atoms with Crippen LogP contribution in [0.3, 0.4) is 0 Å². The first kappa shape index (κ1) is 11.4. The van der Waals surface area contributed by atoms with Crippen LogP contribution in [-0.4, -0.2) is 36.6 Å². The normalized spacial score (nSPS) is 28.6. The van der Waals surface area contributed by atoms with E-state index in [1.165, 1.54) is 51.7 Å². The Kier molecular flexibility index (Phi) is 4.04. The van der Waals surface area contributed by atoms with Gasteiger partial charge in [-0.25, -0.2) is 0 Å². The van der Waals surface area contributed by atoms with Crippen molar-refractivity contribution in [1.29, 1.82) is 0 Å². The molecule has 1 heterocycles. The lowest BCUT2D eigenvalue weighted by Crippen LogP contribution is -2.37. The van der Waals surface area contributed by atoms with Crippen LogP contribution in [0, 0.1) is 5.92 Å². The van der Waals surface area contributed by atoms with E-state index in [9.17, 15) is 0 Å². The molecule has 1 aliphatic carbocycles. The molecule has 88 valence electrons. The van der Waals surface area contributed by atoms with E-state index < -0.39 is 0 Å². The molecule has 0 spiro atoms. The van der Waals surface area contributed by atoms with Crippen molar-refractivity contribution in [3.8, 4) is 0 Å². The largest absolute Gasteiger partial charge is 0.310 e. The third-order valence-electron chi connectivity index (χ3n) is 3.92. The van der Waals surface area contributed by atoms with Crippen molar-refractivity contribution >= 4 is 0 Å². The maximum Gasteiger partial charge on any atom is 0.0209 e. The van der Waals surface area contributed by atoms with Crippen LogP contribution in [-0.2, 0) is 0 Å². The lowest BCUT2D eigenvalue weighted by molar-refractivity contribution is 0.236. The Morgan fingerprint density at radius 1 is 1.27 bits per heavy atom. The van der Waals surface area contributed by atoms with E-state index in [0.717, 1.165) is 12.0 Å². The van der Waals surface area contributed by atoms with Crippen molar-refractivity contribution in [2.45, 2.75) is 58.0 Å². The monoisotopic (exact) mass is 210 g/mol. The summed E-state index contributed by atoms with van der Waals surface area (Å²) in [5.74, 6) is 1.07. The zero-order valence-corrected chi connectivity index (χ0v) is 10.3. The Hall–Kier alpha value is -0.0800. The Morgan fingerprint density at radius 2 is 2.07 bits per heavy atom. The van der Waals surface area contributed by atoms with Crippen molar-refractivity contribution in [3.05, 3.63) is 0 Å². The van der Waals surface area contributed by atoms with Gasteiger partial charge in [-0.05, 0) is 31.8 Å². The molecule has 0 aromatic heterocycles. The molecule has 1 aliphatic heterocycles. The molecule has 1 unspecified atom stereocenters. The van der Waals surface area contributed by atoms with E-state index in [4.69, 9.17) is 0 Å². The van der Waals surface area contributed by atoms with E-state index in [0.29, 0.717) is 6.04 Å². The predicted molar refractivity (Wildman–Crippen MR) is 65.1 cm³/mol. The minimum absolute atomic E-state index is 0.640. The Morgan fingerprint density at radius 3 is 2.67 bits per heavy atom. The molecule has 2 aliphatic rings. The smallest absolute Gasteiger partial charge is 0.0209 e. The zero-order valence-electron chi connectivity index (χ0n) is 10.3. The fourth-order valence-electron chi connectivity index (χ4n) is 2.79. The first-order chi connectivity index (χ1) is 7.24. The summed E-state index contributed by atoms with van der Waals surface area (Å²) >= 11 is 0. The highest BCUT2D eigenvalue weighted by Gasteiger charge is 2.24. The van der Waals surface area contributed by atoms with Gasteiger partial charge in [0, 0.05) is 18.6 Å². The van der Waals surface area contributed by atoms with Gasteiger partial charge in [0.15, 0.2) is 0 Å². The Bertz CT molecular complexity index is 187. The summed E-state index contributed by atoms with van der Waals surface area (Å²) in [5, 5.41) is 3.65. The molecular weight excluding hydrogens is 184 g/mol. The molecule has 1 saturated heterocycles. The minimum atomic E-state index is 0.640. The molecule has 2 fully saturated rings. The fourth-order valence-corrected chi connectivity index (χ4v) is 2.79. The highest BCUT2D eigenvalue weighted by Crippen LogP contribution is 2.29. The molecule has 0 aromatic carbocycles. The molecule has 2 nitrogen and oxygen atoms in total. The van der Waals surface area contributed by atoms with Gasteiger partial charge in [-0.1, -0.05) is 33.1 Å². The summed E-state index contributed by atoms with van der Waals surface area (Å²) in [6.45, 7) is 8.44. The molecule has 0 amide bonds. The van der Waals surface area contributed by atoms with Gasteiger partial charge in [-0.15, -0.1) is 0 Å². The van der Waals surface area contributed by atoms with Crippen LogP contribution in [0.4, 0.5) is 0 Å². The van der Waals surface area contributed by atoms with Gasteiger partial charge >= 0.3 is 0 Å². The van der Waals surface area contributed by atoms with Gasteiger partial charge in [0.2, 0.25) is 0 Å². The summed E-state index contributed by atoms with van der Waals surface area (Å²) in [5.41, 5.74) is 0. The summed E-state index contributed by atoms with van der Waals surface area (Å²) in [4.78, 5) is 2.65. The highest BCUT2D eigenvalue weighted by atomic mass is 15.2. The topological polar surface area (TPSA) is 15.3 Å². The van der Waals surface area contributed by atoms with Gasteiger partial charge in [0.25, 0.3) is 0 Å². The molecular formula is C13H26N2. The second kappa shape index (κ2) is 5.31. The number of rotatable bonds is 5. The maximum absolute atomic E-state index is 3.65. The van der Waals surface area contributed by atoms with Gasteiger partial charge in [-0.3, -0.25) is 0 Å². The van der Waals surface area contributed by atoms with Crippen LogP contribution >= 0.6 is 0 Å². The molecule has 2 heteroatoms. The quantitative estimate of drug-likeness (QED) is 0.749. The van der Waals surface area contributed by atoms with Gasteiger partial charge in [-0.2, -0.15) is 0 Å². The lowest BCUT2D eigenvalue weighted by atomic mass is 9.83. The van der Waals surface area contributed by atoms with E-state index in [1.54, 1.807) is 0 Å². The van der Waals surface area contributed by atoms with Crippen LogP contribution in [0.25, 0.3) is 0 Å². The van der Waals surface area contributed by atoms with E-state index in [2.05, 4.69) is 24.1 Å². The van der Waals surface area contributed by atoms with Gasteiger partial charge < -0.3 is 10.2 Å². The summed E-state index contributed by atoms with van der Waals surface area (Å²) in [7, 11) is 0. The van der Waals surface area contributed by atoms with Crippen molar-refractivity contribution in [1.82, 2.24) is 10.2 Å². The van der Waals surface area contributed by atoms with Crippen LogP contribution in [0.5, 0.6) is 0 Å². The minimum Gasteiger partial charge on any atom is -0.310 e. The number of hydrogen-bond donors (Lipinski definition) is 1. The second-order valence-electron chi connectivity index (χ2n) is 5.69. The molecule has 1 N–H and O–H groups in total. The Balaban J connectivity index is 1.59. The maximum atomic E-state index is 3.65. The number of hydrogen-bond acceptors (Lipinski definition) is 2. The van der Waals surface area contributed by atoms with E-state index in [-0.39, 0.29) is 0 Å². The van der Waals surface area contributed by atoms with Crippen molar-refractivity contribution in [2.75, 3.05) is 19.6 Å². The summed E-state index contributed by atoms with van der Waals surface area (Å²) < 4.78 is 0. The molecule has 15 heavy (non-hydrogen) atoms. The third-order valence-corrected chi connectivity index (χ3v) is 3.92. The number of likely N-dealkylation sites (tertiary alicyclic amines) is 1. The SMILES string of the molecule is CC(C)NC1CCN(CCC2CCC2)C1. The van der Waals surface area contributed by atoms with Gasteiger partial charge in [0.05, 0.1) is 0 Å². The Labute approximate surface area is 94.4 Å². The summed E-state index contributed by atoms with van der Waals surface area (Å²) in [6, 6.07) is 1.40. The average Bonchev–Trinajstić information content (AvgIpc) is 2.48. The van der Waals surface area contributed by atoms with Crippen LogP contribution < -0.4 is 5.32 Å². The molecule has 1 atom stereocenters. The highest BCUT2D eigenvalue weighted by molar-refractivity contribution is 4.83. The zero-order chi connectivity index (χ0) is 10.7. The lowest BCUT2D eigenvalue weighted by Gasteiger charge is -2.27. The molecule has 0 radical (unpaired) electrons. The van der Waals surface area contributed by atoms with Crippen molar-refractivity contribution in [3.63, 3.8) is 0 Å². The second-order valence-corrected chi connectivity index (χ2v) is 5.69.